The molecule has 0 atom stereocenters. The Balaban J connectivity index is 1.38. The quantitative estimate of drug-likeness (QED) is 0.357. The molecule has 1 amide bonds. The summed E-state index contributed by atoms with van der Waals surface area (Å²) in [5.74, 6) is 2.04. The van der Waals surface area contributed by atoms with Crippen molar-refractivity contribution in [2.45, 2.75) is 31.0 Å². The van der Waals surface area contributed by atoms with Gasteiger partial charge in [0.2, 0.25) is 5.89 Å². The van der Waals surface area contributed by atoms with Crippen molar-refractivity contribution < 1.29 is 9.21 Å². The number of aryl methyl sites for hydroxylation is 2. The lowest BCUT2D eigenvalue weighted by molar-refractivity contribution is 0.0951. The summed E-state index contributed by atoms with van der Waals surface area (Å²) in [7, 11) is 0. The Labute approximate surface area is 186 Å². The Morgan fingerprint density at radius 1 is 0.935 bits per heavy atom. The number of benzene rings is 3. The van der Waals surface area contributed by atoms with Crippen molar-refractivity contribution in [1.82, 2.24) is 10.3 Å². The van der Waals surface area contributed by atoms with Crippen molar-refractivity contribution >= 4 is 17.7 Å². The molecule has 4 nitrogen and oxygen atoms in total. The van der Waals surface area contributed by atoms with Crippen LogP contribution in [0.3, 0.4) is 0 Å². The normalized spacial score (nSPS) is 10.8. The summed E-state index contributed by atoms with van der Waals surface area (Å²) in [5.41, 5.74) is 4.68. The SMILES string of the molecule is Cc1ccc(CNC(=O)c2ccc(-c3nc(CSc4ccccc4)c(C)o3)cc2)cc1. The highest BCUT2D eigenvalue weighted by Crippen LogP contribution is 2.27. The van der Waals surface area contributed by atoms with Crippen LogP contribution < -0.4 is 5.32 Å². The Kier molecular flexibility index (Phi) is 6.53. The number of rotatable bonds is 7. The minimum atomic E-state index is -0.101. The topological polar surface area (TPSA) is 55.1 Å². The van der Waals surface area contributed by atoms with E-state index in [2.05, 4.69) is 22.4 Å². The highest BCUT2D eigenvalue weighted by Gasteiger charge is 2.13. The molecule has 0 bridgehead atoms. The molecule has 0 saturated heterocycles. The zero-order valence-corrected chi connectivity index (χ0v) is 18.4. The fraction of sp³-hybridized carbons (Fsp3) is 0.154. The van der Waals surface area contributed by atoms with Gasteiger partial charge in [-0.15, -0.1) is 11.8 Å². The molecule has 4 aromatic rings. The number of hydrogen-bond donors (Lipinski definition) is 1. The first-order valence-electron chi connectivity index (χ1n) is 10.2. The maximum Gasteiger partial charge on any atom is 0.251 e. The van der Waals surface area contributed by atoms with Gasteiger partial charge in [0, 0.05) is 28.3 Å². The first kappa shape index (κ1) is 20.9. The lowest BCUT2D eigenvalue weighted by Gasteiger charge is -2.06. The summed E-state index contributed by atoms with van der Waals surface area (Å²) in [5, 5.41) is 2.96. The fourth-order valence-corrected chi connectivity index (χ4v) is 4.03. The molecule has 31 heavy (non-hydrogen) atoms. The smallest absolute Gasteiger partial charge is 0.251 e. The highest BCUT2D eigenvalue weighted by molar-refractivity contribution is 7.98. The van der Waals surface area contributed by atoms with Crippen LogP contribution in [0.25, 0.3) is 11.5 Å². The van der Waals surface area contributed by atoms with Crippen LogP contribution in [0, 0.1) is 13.8 Å². The van der Waals surface area contributed by atoms with Crippen LogP contribution in [-0.2, 0) is 12.3 Å². The molecule has 0 aliphatic carbocycles. The van der Waals surface area contributed by atoms with Gasteiger partial charge in [-0.3, -0.25) is 4.79 Å². The minimum absolute atomic E-state index is 0.101. The average molecular weight is 429 g/mol. The molecule has 1 heterocycles. The molecule has 3 aromatic carbocycles. The van der Waals surface area contributed by atoms with E-state index in [1.807, 2.05) is 68.4 Å². The second-order valence-electron chi connectivity index (χ2n) is 7.37. The Morgan fingerprint density at radius 3 is 2.35 bits per heavy atom. The number of carbonyl (C=O) groups is 1. The number of aromatic nitrogens is 1. The van der Waals surface area contributed by atoms with Gasteiger partial charge in [-0.2, -0.15) is 0 Å². The molecule has 0 aliphatic heterocycles. The van der Waals surface area contributed by atoms with E-state index in [4.69, 9.17) is 4.42 Å². The standard InChI is InChI=1S/C26H24N2O2S/c1-18-8-10-20(11-9-18)16-27-25(29)21-12-14-22(15-13-21)26-28-24(19(2)30-26)17-31-23-6-4-3-5-7-23/h3-15H,16-17H2,1-2H3,(H,27,29). The van der Waals surface area contributed by atoms with Gasteiger partial charge in [0.25, 0.3) is 5.91 Å². The zero-order valence-electron chi connectivity index (χ0n) is 17.6. The van der Waals surface area contributed by atoms with Gasteiger partial charge in [0.05, 0.1) is 5.69 Å². The van der Waals surface area contributed by atoms with E-state index in [1.54, 1.807) is 23.9 Å². The first-order valence-corrected chi connectivity index (χ1v) is 11.2. The lowest BCUT2D eigenvalue weighted by atomic mass is 10.1. The maximum atomic E-state index is 12.5. The van der Waals surface area contributed by atoms with Crippen LogP contribution >= 0.6 is 11.8 Å². The number of hydrogen-bond acceptors (Lipinski definition) is 4. The molecule has 0 saturated carbocycles. The molecule has 1 N–H and O–H groups in total. The zero-order chi connectivity index (χ0) is 21.6. The molecule has 4 rings (SSSR count). The van der Waals surface area contributed by atoms with Crippen LogP contribution in [0.4, 0.5) is 0 Å². The van der Waals surface area contributed by atoms with Crippen molar-refractivity contribution in [3.05, 3.63) is 107 Å². The minimum Gasteiger partial charge on any atom is -0.441 e. The number of amides is 1. The van der Waals surface area contributed by atoms with E-state index in [0.717, 1.165) is 28.3 Å². The van der Waals surface area contributed by atoms with Crippen LogP contribution in [0.5, 0.6) is 0 Å². The maximum absolute atomic E-state index is 12.5. The Hall–Kier alpha value is -3.31. The van der Waals surface area contributed by atoms with Crippen LogP contribution in [0.2, 0.25) is 0 Å². The van der Waals surface area contributed by atoms with Gasteiger partial charge in [0.15, 0.2) is 0 Å². The molecule has 5 heteroatoms. The predicted octanol–water partition coefficient (Wildman–Crippen LogP) is 6.18. The number of oxazole rings is 1. The van der Waals surface area contributed by atoms with E-state index in [0.29, 0.717) is 18.0 Å². The first-order chi connectivity index (χ1) is 15.1. The molecule has 0 spiro atoms. The molecule has 156 valence electrons. The summed E-state index contributed by atoms with van der Waals surface area (Å²) in [6, 6.07) is 25.7. The monoisotopic (exact) mass is 428 g/mol. The second kappa shape index (κ2) is 9.67. The summed E-state index contributed by atoms with van der Waals surface area (Å²) in [6.45, 7) is 4.48. The van der Waals surface area contributed by atoms with Crippen LogP contribution in [0.15, 0.2) is 88.2 Å². The van der Waals surface area contributed by atoms with Gasteiger partial charge in [-0.25, -0.2) is 4.98 Å². The predicted molar refractivity (Wildman–Crippen MR) is 125 cm³/mol. The molecule has 0 fully saturated rings. The third-order valence-electron chi connectivity index (χ3n) is 4.98. The van der Waals surface area contributed by atoms with Crippen molar-refractivity contribution in [2.75, 3.05) is 0 Å². The summed E-state index contributed by atoms with van der Waals surface area (Å²) in [4.78, 5) is 18.3. The van der Waals surface area contributed by atoms with Crippen LogP contribution in [0.1, 0.15) is 32.9 Å². The number of thioether (sulfide) groups is 1. The van der Waals surface area contributed by atoms with E-state index >= 15 is 0 Å². The third-order valence-corrected chi connectivity index (χ3v) is 6.00. The van der Waals surface area contributed by atoms with Gasteiger partial charge in [0.1, 0.15) is 5.76 Å². The number of nitrogens with one attached hydrogen (secondary N) is 1. The van der Waals surface area contributed by atoms with Crippen molar-refractivity contribution in [3.8, 4) is 11.5 Å². The summed E-state index contributed by atoms with van der Waals surface area (Å²) < 4.78 is 5.88. The third kappa shape index (κ3) is 5.44. The van der Waals surface area contributed by atoms with E-state index in [-0.39, 0.29) is 5.91 Å². The average Bonchev–Trinajstić information content (AvgIpc) is 3.18. The van der Waals surface area contributed by atoms with E-state index in [9.17, 15) is 4.79 Å². The Bertz CT molecular complexity index is 1150. The number of nitrogens with zero attached hydrogens (tertiary/aromatic N) is 1. The van der Waals surface area contributed by atoms with Crippen molar-refractivity contribution in [2.24, 2.45) is 0 Å². The summed E-state index contributed by atoms with van der Waals surface area (Å²) in [6.07, 6.45) is 0. The number of carbonyl (C=O) groups excluding carboxylic acids is 1. The molecule has 0 aliphatic rings. The van der Waals surface area contributed by atoms with E-state index < -0.39 is 0 Å². The van der Waals surface area contributed by atoms with Gasteiger partial charge < -0.3 is 9.73 Å². The summed E-state index contributed by atoms with van der Waals surface area (Å²) >= 11 is 1.73. The molecule has 1 aromatic heterocycles. The van der Waals surface area contributed by atoms with E-state index in [1.165, 1.54) is 10.5 Å². The Morgan fingerprint density at radius 2 is 1.65 bits per heavy atom. The highest BCUT2D eigenvalue weighted by atomic mass is 32.2. The second-order valence-corrected chi connectivity index (χ2v) is 8.42. The molecular formula is C26H24N2O2S. The van der Waals surface area contributed by atoms with Crippen molar-refractivity contribution in [1.29, 1.82) is 0 Å². The van der Waals surface area contributed by atoms with Crippen LogP contribution in [-0.4, -0.2) is 10.9 Å². The molecule has 0 unspecified atom stereocenters. The lowest BCUT2D eigenvalue weighted by Crippen LogP contribution is -2.22. The van der Waals surface area contributed by atoms with Gasteiger partial charge in [-0.1, -0.05) is 48.0 Å². The fourth-order valence-electron chi connectivity index (χ4n) is 3.11. The van der Waals surface area contributed by atoms with Gasteiger partial charge in [-0.05, 0) is 55.8 Å². The molecular weight excluding hydrogens is 404 g/mol. The molecule has 0 radical (unpaired) electrons. The largest absolute Gasteiger partial charge is 0.441 e. The van der Waals surface area contributed by atoms with Gasteiger partial charge >= 0.3 is 0 Å². The van der Waals surface area contributed by atoms with Crippen molar-refractivity contribution in [3.63, 3.8) is 0 Å².